The Balaban J connectivity index is 0.000000152. The van der Waals surface area contributed by atoms with E-state index in [1.807, 2.05) is 101 Å². The van der Waals surface area contributed by atoms with Crippen molar-refractivity contribution in [3.63, 3.8) is 0 Å². The molecule has 14 aromatic rings. The summed E-state index contributed by atoms with van der Waals surface area (Å²) < 4.78 is 125. The van der Waals surface area contributed by atoms with E-state index >= 15 is 0 Å². The number of carbonyl (C=O) groups excluding carboxylic acids is 2. The fraction of sp³-hybridized carbons (Fsp3) is 0.140. The fourth-order valence-corrected chi connectivity index (χ4v) is 17.7. The Morgan fingerprint density at radius 1 is 0.513 bits per heavy atom. The summed E-state index contributed by atoms with van der Waals surface area (Å²) in [6.07, 6.45) is 11.1. The predicted octanol–water partition coefficient (Wildman–Crippen LogP) is 8.48. The molecule has 0 saturated carbocycles. The van der Waals surface area contributed by atoms with E-state index in [9.17, 15) is 63.5 Å². The summed E-state index contributed by atoms with van der Waals surface area (Å²) in [5, 5.41) is 16.0. The van der Waals surface area contributed by atoms with Gasteiger partial charge in [0.2, 0.25) is 0 Å². The van der Waals surface area contributed by atoms with Crippen molar-refractivity contribution >= 4 is 87.8 Å². The van der Waals surface area contributed by atoms with Crippen LogP contribution in [0, 0.1) is 42.0 Å². The second-order valence-electron chi connectivity index (χ2n) is 27.6. The van der Waals surface area contributed by atoms with E-state index in [2.05, 4.69) is 75.2 Å². The monoisotopic (exact) mass is 1990 g/mol. The van der Waals surface area contributed by atoms with Crippen LogP contribution in [0.2, 0.25) is 0 Å². The number of rotatable bonds is 20. The number of H-pyrrole nitrogens is 1. The van der Waals surface area contributed by atoms with Crippen LogP contribution in [0.5, 0.6) is 0 Å². The number of hydrogen-bond donors (Lipinski definition) is 5. The first-order valence-corrected chi connectivity index (χ1v) is 49.5. The Hall–Kier alpha value is -10.9. The zero-order valence-electron chi connectivity index (χ0n) is 63.6. The first-order valence-electron chi connectivity index (χ1n) is 36.2. The number of nitrogens with one attached hydrogen (secondary N) is 3. The van der Waals surface area contributed by atoms with Crippen LogP contribution in [-0.4, -0.2) is 82.3 Å². The molecular weight excluding hydrogens is 1920 g/mol. The first-order chi connectivity index (χ1) is 56.9. The summed E-state index contributed by atoms with van der Waals surface area (Å²) >= 11 is 6.81. The number of nitrogens with zero attached hydrogens (tertiary/aromatic N) is 6. The third-order valence-electron chi connectivity index (χ3n) is 18.9. The van der Waals surface area contributed by atoms with Gasteiger partial charge in [-0.25, -0.2) is 53.5 Å². The Kier molecular flexibility index (Phi) is 30.0. The maximum absolute atomic E-state index is 13.5. The molecule has 15 rings (SSSR count). The number of carboxylic acids is 1. The summed E-state index contributed by atoms with van der Waals surface area (Å²) in [5.41, 5.74) is 10.3. The van der Waals surface area contributed by atoms with Gasteiger partial charge in [0.15, 0.2) is 40.6 Å². The molecule has 0 unspecified atom stereocenters. The van der Waals surface area contributed by atoms with Crippen molar-refractivity contribution in [3.05, 3.63) is 385 Å². The molecule has 1 fully saturated rings. The van der Waals surface area contributed by atoms with Gasteiger partial charge in [0, 0.05) is 65.5 Å². The number of aromatic amines is 1. The van der Waals surface area contributed by atoms with Gasteiger partial charge in [0.25, 0.3) is 27.0 Å². The maximum atomic E-state index is 13.5. The molecule has 2 amide bonds. The van der Waals surface area contributed by atoms with Gasteiger partial charge in [-0.1, -0.05) is 48.5 Å². The van der Waals surface area contributed by atoms with Crippen molar-refractivity contribution in [2.24, 2.45) is 5.73 Å². The van der Waals surface area contributed by atoms with Crippen molar-refractivity contribution in [1.29, 1.82) is 0 Å². The van der Waals surface area contributed by atoms with E-state index in [1.165, 1.54) is 86.9 Å². The number of carbonyl (C=O) groups is 3. The minimum atomic E-state index is -3.79. The summed E-state index contributed by atoms with van der Waals surface area (Å²) in [4.78, 5) is 85.3. The van der Waals surface area contributed by atoms with Crippen LogP contribution in [0.4, 0.5) is 26.3 Å². The predicted molar refractivity (Wildman–Crippen MR) is 440 cm³/mol. The van der Waals surface area contributed by atoms with E-state index < -0.39 is 97.7 Å². The number of aromatic carboxylic acids is 1. The van der Waals surface area contributed by atoms with Crippen LogP contribution >= 0.6 is 25.4 Å². The molecule has 0 atom stereocenters. The summed E-state index contributed by atoms with van der Waals surface area (Å²) in [6.45, 7) is 9.05. The fourth-order valence-electron chi connectivity index (χ4n) is 12.1. The molecule has 8 heterocycles. The van der Waals surface area contributed by atoms with Crippen molar-refractivity contribution in [1.82, 2.24) is 43.3 Å². The van der Waals surface area contributed by atoms with Gasteiger partial charge in [-0.05, 0) is 147 Å². The Morgan fingerprint density at radius 3 is 1.44 bits per heavy atom. The molecule has 0 spiro atoms. The summed E-state index contributed by atoms with van der Waals surface area (Å²) in [5.74, 6) is -8.20. The van der Waals surface area contributed by atoms with E-state index in [0.717, 1.165) is 74.3 Å². The van der Waals surface area contributed by atoms with E-state index in [4.69, 9.17) is 20.1 Å². The molecule has 0 radical (unpaired) electrons. The molecule has 1 aliphatic rings. The second kappa shape index (κ2) is 40.2. The van der Waals surface area contributed by atoms with Crippen molar-refractivity contribution in [3.8, 4) is 11.1 Å². The molecule has 21 nitrogen and oxygen atoms in total. The number of carboxylic acid groups (broad SMARTS) is 1. The number of benzene rings is 7. The van der Waals surface area contributed by atoms with Gasteiger partial charge >= 0.3 is 241 Å². The number of aromatic nitrogens is 7. The molecule has 119 heavy (non-hydrogen) atoms. The molecule has 0 aliphatic carbocycles. The zero-order valence-corrected chi connectivity index (χ0v) is 71.9. The largest absolute Gasteiger partial charge is 0.477 e. The quantitative estimate of drug-likeness (QED) is 0.0272. The molecule has 33 heteroatoms. The average Bonchev–Trinajstić information content (AvgIpc) is 1.58. The number of hydrogen-bond acceptors (Lipinski definition) is 13. The third-order valence-corrected chi connectivity index (χ3v) is 27.5. The van der Waals surface area contributed by atoms with Crippen LogP contribution in [0.3, 0.4) is 0 Å². The molecule has 1 aliphatic heterocycles. The van der Waals surface area contributed by atoms with Crippen LogP contribution in [0.15, 0.2) is 281 Å². The maximum Gasteiger partial charge on any atom is 0.341 e. The van der Waals surface area contributed by atoms with Gasteiger partial charge in [0.1, 0.15) is 16.8 Å². The van der Waals surface area contributed by atoms with Gasteiger partial charge < -0.3 is 33.9 Å². The summed E-state index contributed by atoms with van der Waals surface area (Å²) in [7, 11) is -4.46. The standard InChI is InChI=1S/C27H20F2N4O2.C20H15BrF2IN2O2.C19H21BN2O4S.C13H9F2NO3.C7H8BrIN/c28-23-9-8-18(13-24(23)29)16-33-11-3-7-21(27(33)35)26(34)32-14-17-4-1-5-19(12-17)22-15-31-25-20(22)6-2-10-30-25;21-24-15-4-1-3-13(9-15)11-25-19(27)16-5-2-8-26(20(16)28)12-14-6-7-17(22)18(23)10-14;1-18(2)19(3,4)26-20(25-18)16-13-22(17-15(16)11-8-12-21-17)27(23,24)14-9-6-5-7-10-14;14-10-4-3-8(6-11(10)15)7-16-5-1-2-9(12(16)17)13(18)19;8-9-7-3-1-2-6(4-7)5-10/h1-13,15H,14,16H2,(H,30,31)(H,32,34);1-10H,11-12H2,(H,25,27);5-13H,1-4H3;1-6H,7H2,(H,18,19);1-4H,5,10H2/q;-1;;;-1. The number of halogens is 10. The molecule has 7 aromatic heterocycles. The molecule has 614 valence electrons. The minimum Gasteiger partial charge on any atom is -0.477 e. The minimum absolute atomic E-state index is 0.00541. The third kappa shape index (κ3) is 22.3. The smallest absolute Gasteiger partial charge is 0.341 e. The molecular formula is C86H73BBr2F6I2N10O11S-2. The van der Waals surface area contributed by atoms with Crippen LogP contribution in [-0.2, 0) is 58.6 Å². The van der Waals surface area contributed by atoms with Crippen molar-refractivity contribution in [2.75, 3.05) is 0 Å². The number of nitrogens with two attached hydrogens (primary N) is 1. The second-order valence-corrected chi connectivity index (χ2v) is 36.7. The van der Waals surface area contributed by atoms with Gasteiger partial charge in [-0.2, -0.15) is 0 Å². The van der Waals surface area contributed by atoms with Crippen LogP contribution in [0.1, 0.15) is 92.1 Å². The Labute approximate surface area is 711 Å². The van der Waals surface area contributed by atoms with Gasteiger partial charge in [-0.3, -0.25) is 14.4 Å². The van der Waals surface area contributed by atoms with Crippen molar-refractivity contribution < 1.29 is 102 Å². The Bertz CT molecular complexity index is 6330. The topological polar surface area (TPSA) is 287 Å². The SMILES string of the molecule is CC1(C)OB(c2cn(S(=O)(=O)c3ccccc3)c3ncccc23)OC1(C)C.NCc1cccc([I-]Br)c1.O=C(NCc1cccc(-c2c[nH]c3ncccc23)c1)c1cccn(Cc2ccc(F)c(F)c2)c1=O.O=C(NCc1cccc([I-]Br)c1)c1cccn(Cc2ccc(F)c(F)c2)c1=O.O=C(O)c1cccn(Cc2ccc(F)c(F)c2)c1=O. The summed E-state index contributed by atoms with van der Waals surface area (Å²) in [6, 6.07) is 58.5. The van der Waals surface area contributed by atoms with Crippen molar-refractivity contribution in [2.45, 2.75) is 83.1 Å². The number of pyridine rings is 5. The zero-order chi connectivity index (χ0) is 85.3. The number of amides is 2. The van der Waals surface area contributed by atoms with E-state index in [1.54, 1.807) is 67.1 Å². The molecule has 1 saturated heterocycles. The number of fused-ring (bicyclic) bond motifs is 2. The van der Waals surface area contributed by atoms with E-state index in [-0.39, 0.29) is 85.7 Å². The van der Waals surface area contributed by atoms with Gasteiger partial charge in [0.05, 0.1) is 29.2 Å². The molecule has 6 N–H and O–H groups in total. The Morgan fingerprint density at radius 2 is 0.958 bits per heavy atom. The van der Waals surface area contributed by atoms with Gasteiger partial charge in [-0.15, -0.1) is 0 Å². The normalized spacial score (nSPS) is 12.6. The molecule has 7 aromatic carbocycles. The molecule has 0 bridgehead atoms. The average molecular weight is 1990 g/mol. The van der Waals surface area contributed by atoms with E-state index in [0.29, 0.717) is 46.3 Å². The van der Waals surface area contributed by atoms with Crippen LogP contribution < -0.4 is 76.5 Å². The first kappa shape index (κ1) is 88.9. The van der Waals surface area contributed by atoms with Crippen LogP contribution in [0.25, 0.3) is 33.2 Å².